The Morgan fingerprint density at radius 1 is 1.17 bits per heavy atom. The lowest BCUT2D eigenvalue weighted by Crippen LogP contribution is -2.45. The van der Waals surface area contributed by atoms with Crippen LogP contribution in [-0.2, 0) is 9.53 Å². The van der Waals surface area contributed by atoms with E-state index in [1.807, 2.05) is 0 Å². The van der Waals surface area contributed by atoms with Crippen molar-refractivity contribution in [2.45, 2.75) is 32.1 Å². The zero-order valence-electron chi connectivity index (χ0n) is 13.8. The van der Waals surface area contributed by atoms with Gasteiger partial charge < -0.3 is 9.47 Å². The third kappa shape index (κ3) is 5.49. The summed E-state index contributed by atoms with van der Waals surface area (Å²) >= 11 is 3.34. The van der Waals surface area contributed by atoms with E-state index in [-0.39, 0.29) is 11.8 Å². The molecule has 0 unspecified atom stereocenters. The standard InChI is InChI=1S/C17H23BrN2O4/c1-23-9-10-24-15-8-7-13(18)11-14(15)17(22)20-19-16(21)12-5-3-2-4-6-12/h7-8,11-12H,2-6,9-10H2,1H3,(H,19,21)(H,20,22). The number of ether oxygens (including phenoxy) is 2. The normalized spacial score (nSPS) is 14.9. The van der Waals surface area contributed by atoms with Crippen LogP contribution in [-0.4, -0.2) is 32.1 Å². The third-order valence-corrected chi connectivity index (χ3v) is 4.50. The number of halogens is 1. The molecule has 1 aliphatic carbocycles. The fraction of sp³-hybridized carbons (Fsp3) is 0.529. The van der Waals surface area contributed by atoms with Gasteiger partial charge in [0.2, 0.25) is 5.91 Å². The molecule has 0 radical (unpaired) electrons. The molecule has 2 rings (SSSR count). The van der Waals surface area contributed by atoms with Crippen LogP contribution in [0.2, 0.25) is 0 Å². The maximum absolute atomic E-state index is 12.4. The third-order valence-electron chi connectivity index (χ3n) is 4.01. The maximum Gasteiger partial charge on any atom is 0.273 e. The van der Waals surface area contributed by atoms with Crippen LogP contribution in [0, 0.1) is 5.92 Å². The average molecular weight is 399 g/mol. The largest absolute Gasteiger partial charge is 0.490 e. The lowest BCUT2D eigenvalue weighted by Gasteiger charge is -2.21. The summed E-state index contributed by atoms with van der Waals surface area (Å²) in [4.78, 5) is 24.5. The van der Waals surface area contributed by atoms with Crippen LogP contribution in [0.4, 0.5) is 0 Å². The molecule has 0 spiro atoms. The number of carbonyl (C=O) groups excluding carboxylic acids is 2. The molecule has 2 N–H and O–H groups in total. The highest BCUT2D eigenvalue weighted by Gasteiger charge is 2.22. The lowest BCUT2D eigenvalue weighted by atomic mass is 9.89. The highest BCUT2D eigenvalue weighted by Crippen LogP contribution is 2.24. The minimum Gasteiger partial charge on any atom is -0.490 e. The van der Waals surface area contributed by atoms with E-state index in [1.54, 1.807) is 25.3 Å². The Bertz CT molecular complexity index is 574. The molecule has 1 aromatic carbocycles. The Labute approximate surface area is 150 Å². The summed E-state index contributed by atoms with van der Waals surface area (Å²) in [6.45, 7) is 0.766. The van der Waals surface area contributed by atoms with E-state index in [9.17, 15) is 9.59 Å². The van der Waals surface area contributed by atoms with Crippen LogP contribution in [0.1, 0.15) is 42.5 Å². The van der Waals surface area contributed by atoms with E-state index in [2.05, 4.69) is 26.8 Å². The van der Waals surface area contributed by atoms with Gasteiger partial charge in [-0.2, -0.15) is 0 Å². The fourth-order valence-corrected chi connectivity index (χ4v) is 3.05. The van der Waals surface area contributed by atoms with Gasteiger partial charge in [0.1, 0.15) is 12.4 Å². The van der Waals surface area contributed by atoms with Gasteiger partial charge in [0, 0.05) is 17.5 Å². The highest BCUT2D eigenvalue weighted by atomic mass is 79.9. The Balaban J connectivity index is 1.95. The molecular weight excluding hydrogens is 376 g/mol. The molecule has 0 bridgehead atoms. The Kier molecular flexibility index (Phi) is 7.52. The van der Waals surface area contributed by atoms with Gasteiger partial charge in [-0.3, -0.25) is 20.4 Å². The SMILES string of the molecule is COCCOc1ccc(Br)cc1C(=O)NNC(=O)C1CCCCC1. The summed E-state index contributed by atoms with van der Waals surface area (Å²) in [5, 5.41) is 0. The van der Waals surface area contributed by atoms with Crippen molar-refractivity contribution >= 4 is 27.7 Å². The number of nitrogens with one attached hydrogen (secondary N) is 2. The molecule has 7 heteroatoms. The molecule has 1 aliphatic rings. The molecule has 132 valence electrons. The van der Waals surface area contributed by atoms with Crippen LogP contribution >= 0.6 is 15.9 Å². The van der Waals surface area contributed by atoms with Crippen molar-refractivity contribution < 1.29 is 19.1 Å². The summed E-state index contributed by atoms with van der Waals surface area (Å²) in [6, 6.07) is 5.15. The number of benzene rings is 1. The number of rotatable bonds is 6. The molecule has 1 saturated carbocycles. The quantitative estimate of drug-likeness (QED) is 0.570. The van der Waals surface area contributed by atoms with E-state index in [1.165, 1.54) is 6.42 Å². The zero-order valence-corrected chi connectivity index (χ0v) is 15.4. The van der Waals surface area contributed by atoms with Crippen LogP contribution < -0.4 is 15.6 Å². The van der Waals surface area contributed by atoms with Crippen molar-refractivity contribution in [1.29, 1.82) is 0 Å². The Hall–Kier alpha value is -1.60. The van der Waals surface area contributed by atoms with Gasteiger partial charge in [-0.1, -0.05) is 35.2 Å². The van der Waals surface area contributed by atoms with Crippen molar-refractivity contribution in [2.75, 3.05) is 20.3 Å². The van der Waals surface area contributed by atoms with Crippen LogP contribution in [0.15, 0.2) is 22.7 Å². The van der Waals surface area contributed by atoms with E-state index in [0.717, 1.165) is 30.2 Å². The van der Waals surface area contributed by atoms with Gasteiger partial charge in [-0.05, 0) is 31.0 Å². The van der Waals surface area contributed by atoms with E-state index < -0.39 is 5.91 Å². The molecular formula is C17H23BrN2O4. The van der Waals surface area contributed by atoms with Crippen molar-refractivity contribution in [1.82, 2.24) is 10.9 Å². The molecule has 1 fully saturated rings. The van der Waals surface area contributed by atoms with E-state index in [0.29, 0.717) is 24.5 Å². The predicted octanol–water partition coefficient (Wildman–Crippen LogP) is 2.82. The fourth-order valence-electron chi connectivity index (χ4n) is 2.69. The number of carbonyl (C=O) groups is 2. The molecule has 2 amide bonds. The smallest absolute Gasteiger partial charge is 0.273 e. The van der Waals surface area contributed by atoms with Gasteiger partial charge in [-0.25, -0.2) is 0 Å². The number of amides is 2. The summed E-state index contributed by atoms with van der Waals surface area (Å²) in [6.07, 6.45) is 5.06. The summed E-state index contributed by atoms with van der Waals surface area (Å²) < 4.78 is 11.3. The number of hydrazine groups is 1. The van der Waals surface area contributed by atoms with Gasteiger partial charge in [0.15, 0.2) is 0 Å². The minimum atomic E-state index is -0.409. The van der Waals surface area contributed by atoms with E-state index >= 15 is 0 Å². The molecule has 24 heavy (non-hydrogen) atoms. The summed E-state index contributed by atoms with van der Waals surface area (Å²) in [5.41, 5.74) is 5.37. The minimum absolute atomic E-state index is 0.0148. The van der Waals surface area contributed by atoms with Crippen molar-refractivity contribution in [3.8, 4) is 5.75 Å². The molecule has 6 nitrogen and oxygen atoms in total. The summed E-state index contributed by atoms with van der Waals surface area (Å²) in [5.74, 6) is -0.105. The van der Waals surface area contributed by atoms with Gasteiger partial charge in [-0.15, -0.1) is 0 Å². The lowest BCUT2D eigenvalue weighted by molar-refractivity contribution is -0.126. The Morgan fingerprint density at radius 2 is 1.92 bits per heavy atom. The topological polar surface area (TPSA) is 76.7 Å². The van der Waals surface area contributed by atoms with Crippen molar-refractivity contribution in [3.05, 3.63) is 28.2 Å². The molecule has 0 aromatic heterocycles. The zero-order chi connectivity index (χ0) is 17.4. The molecule has 1 aromatic rings. The first kappa shape index (κ1) is 18.7. The second-order valence-electron chi connectivity index (χ2n) is 5.76. The highest BCUT2D eigenvalue weighted by molar-refractivity contribution is 9.10. The molecule has 0 heterocycles. The number of hydrogen-bond acceptors (Lipinski definition) is 4. The predicted molar refractivity (Wildman–Crippen MR) is 93.7 cm³/mol. The first-order valence-corrected chi connectivity index (χ1v) is 8.92. The monoisotopic (exact) mass is 398 g/mol. The Morgan fingerprint density at radius 3 is 2.62 bits per heavy atom. The second kappa shape index (κ2) is 9.64. The molecule has 0 aliphatic heterocycles. The van der Waals surface area contributed by atoms with E-state index in [4.69, 9.17) is 9.47 Å². The second-order valence-corrected chi connectivity index (χ2v) is 6.68. The van der Waals surface area contributed by atoms with Crippen LogP contribution in [0.25, 0.3) is 0 Å². The van der Waals surface area contributed by atoms with Gasteiger partial charge in [0.05, 0.1) is 12.2 Å². The van der Waals surface area contributed by atoms with Crippen molar-refractivity contribution in [3.63, 3.8) is 0 Å². The van der Waals surface area contributed by atoms with Crippen molar-refractivity contribution in [2.24, 2.45) is 5.92 Å². The molecule has 0 saturated heterocycles. The summed E-state index contributed by atoms with van der Waals surface area (Å²) in [7, 11) is 1.58. The number of methoxy groups -OCH3 is 1. The van der Waals surface area contributed by atoms with Gasteiger partial charge >= 0.3 is 0 Å². The first-order chi connectivity index (χ1) is 11.6. The maximum atomic E-state index is 12.4. The van der Waals surface area contributed by atoms with Crippen LogP contribution in [0.3, 0.4) is 0 Å². The number of hydrogen-bond donors (Lipinski definition) is 2. The van der Waals surface area contributed by atoms with Crippen LogP contribution in [0.5, 0.6) is 5.75 Å². The average Bonchev–Trinajstić information content (AvgIpc) is 2.61. The first-order valence-electron chi connectivity index (χ1n) is 8.13. The molecule has 0 atom stereocenters. The van der Waals surface area contributed by atoms with Gasteiger partial charge in [0.25, 0.3) is 5.91 Å².